The summed E-state index contributed by atoms with van der Waals surface area (Å²) in [4.78, 5) is 22.0. The number of rotatable bonds is 7. The molecular formula is C11H17N3O4S. The van der Waals surface area contributed by atoms with Gasteiger partial charge >= 0.3 is 11.7 Å². The Hall–Kier alpha value is -1.28. The largest absolute Gasteiger partial charge is 0.481 e. The highest BCUT2D eigenvalue weighted by atomic mass is 32.2. The van der Waals surface area contributed by atoms with Crippen molar-refractivity contribution in [2.45, 2.75) is 43.5 Å². The summed E-state index contributed by atoms with van der Waals surface area (Å²) in [6, 6.07) is 0. The smallest absolute Gasteiger partial charge is 0.344 e. The molecule has 1 fully saturated rings. The molecule has 2 N–H and O–H groups in total. The molecule has 7 nitrogen and oxygen atoms in total. The van der Waals surface area contributed by atoms with Crippen LogP contribution in [0.2, 0.25) is 0 Å². The monoisotopic (exact) mass is 287 g/mol. The minimum Gasteiger partial charge on any atom is -0.481 e. The third-order valence-corrected chi connectivity index (χ3v) is 3.98. The zero-order valence-corrected chi connectivity index (χ0v) is 11.3. The summed E-state index contributed by atoms with van der Waals surface area (Å²) in [5, 5.41) is 15.1. The van der Waals surface area contributed by atoms with E-state index in [1.54, 1.807) is 0 Å². The van der Waals surface area contributed by atoms with Gasteiger partial charge in [0.15, 0.2) is 5.16 Å². The Morgan fingerprint density at radius 3 is 2.95 bits per heavy atom. The van der Waals surface area contributed by atoms with E-state index in [1.165, 1.54) is 17.4 Å². The van der Waals surface area contributed by atoms with Crippen LogP contribution in [0.1, 0.15) is 25.7 Å². The number of ether oxygens (including phenoxy) is 1. The normalized spacial score (nSPS) is 16.0. The first-order chi connectivity index (χ1) is 9.16. The summed E-state index contributed by atoms with van der Waals surface area (Å²) in [7, 11) is 0. The van der Waals surface area contributed by atoms with Crippen LogP contribution in [0.3, 0.4) is 0 Å². The van der Waals surface area contributed by atoms with Crippen molar-refractivity contribution in [1.29, 1.82) is 0 Å². The zero-order chi connectivity index (χ0) is 13.7. The van der Waals surface area contributed by atoms with Gasteiger partial charge in [-0.1, -0.05) is 24.6 Å². The van der Waals surface area contributed by atoms with Gasteiger partial charge in [0, 0.05) is 0 Å². The highest BCUT2D eigenvalue weighted by Crippen LogP contribution is 2.21. The number of aromatic nitrogens is 3. The first kappa shape index (κ1) is 14.1. The molecule has 1 aromatic heterocycles. The summed E-state index contributed by atoms with van der Waals surface area (Å²) in [5.41, 5.74) is -0.331. The second-order valence-electron chi connectivity index (χ2n) is 4.42. The van der Waals surface area contributed by atoms with E-state index < -0.39 is 5.97 Å². The molecule has 0 bridgehead atoms. The number of hydrogen-bond donors (Lipinski definition) is 2. The molecule has 1 heterocycles. The van der Waals surface area contributed by atoms with E-state index >= 15 is 0 Å². The maximum absolute atomic E-state index is 11.5. The standard InChI is InChI=1S/C11H17N3O4S/c15-9(16)7-19-11-13-12-10(17)14(11)5-6-18-8-3-1-2-4-8/h8H,1-7H2,(H,12,17)(H,15,16). The zero-order valence-electron chi connectivity index (χ0n) is 10.5. The number of carboxylic acid groups (broad SMARTS) is 1. The van der Waals surface area contributed by atoms with Crippen LogP contribution in [0.25, 0.3) is 0 Å². The number of aliphatic carboxylic acids is 1. The highest BCUT2D eigenvalue weighted by molar-refractivity contribution is 7.99. The van der Waals surface area contributed by atoms with Crippen LogP contribution in [-0.4, -0.2) is 44.3 Å². The van der Waals surface area contributed by atoms with Crippen LogP contribution in [-0.2, 0) is 16.1 Å². The fourth-order valence-corrected chi connectivity index (χ4v) is 2.80. The van der Waals surface area contributed by atoms with E-state index in [9.17, 15) is 9.59 Å². The lowest BCUT2D eigenvalue weighted by Gasteiger charge is -2.11. The van der Waals surface area contributed by atoms with Crippen molar-refractivity contribution in [3.05, 3.63) is 10.5 Å². The van der Waals surface area contributed by atoms with Gasteiger partial charge in [-0.2, -0.15) is 0 Å². The Bertz CT molecular complexity index is 479. The van der Waals surface area contributed by atoms with Crippen LogP contribution >= 0.6 is 11.8 Å². The number of carbonyl (C=O) groups is 1. The summed E-state index contributed by atoms with van der Waals surface area (Å²) in [6.45, 7) is 0.846. The van der Waals surface area contributed by atoms with Crippen molar-refractivity contribution in [3.63, 3.8) is 0 Å². The Morgan fingerprint density at radius 1 is 1.53 bits per heavy atom. The minimum absolute atomic E-state index is 0.117. The van der Waals surface area contributed by atoms with Crippen molar-refractivity contribution < 1.29 is 14.6 Å². The van der Waals surface area contributed by atoms with Gasteiger partial charge in [-0.15, -0.1) is 5.10 Å². The predicted octanol–water partition coefficient (Wildman–Crippen LogP) is 0.707. The van der Waals surface area contributed by atoms with E-state index in [0.717, 1.165) is 24.6 Å². The third kappa shape index (κ3) is 4.10. The van der Waals surface area contributed by atoms with Gasteiger partial charge in [0.2, 0.25) is 0 Å². The molecule has 1 aliphatic rings. The number of hydrogen-bond acceptors (Lipinski definition) is 5. The van der Waals surface area contributed by atoms with Crippen molar-refractivity contribution in [1.82, 2.24) is 14.8 Å². The SMILES string of the molecule is O=C(O)CSc1n[nH]c(=O)n1CCOC1CCCC1. The molecule has 0 saturated heterocycles. The number of H-pyrrole nitrogens is 1. The molecule has 1 aliphatic carbocycles. The molecule has 1 saturated carbocycles. The van der Waals surface area contributed by atoms with Crippen molar-refractivity contribution in [3.8, 4) is 0 Å². The number of nitrogens with one attached hydrogen (secondary N) is 1. The predicted molar refractivity (Wildman–Crippen MR) is 69.4 cm³/mol. The van der Waals surface area contributed by atoms with Crippen LogP contribution in [0.15, 0.2) is 9.95 Å². The van der Waals surface area contributed by atoms with Crippen LogP contribution < -0.4 is 5.69 Å². The van der Waals surface area contributed by atoms with E-state index in [4.69, 9.17) is 9.84 Å². The quantitative estimate of drug-likeness (QED) is 0.717. The van der Waals surface area contributed by atoms with Gasteiger partial charge in [0.1, 0.15) is 0 Å². The topological polar surface area (TPSA) is 97.2 Å². The Labute approximate surface area is 114 Å². The summed E-state index contributed by atoms with van der Waals surface area (Å²) >= 11 is 1.02. The number of thioether (sulfide) groups is 1. The van der Waals surface area contributed by atoms with Gasteiger partial charge in [-0.05, 0) is 12.8 Å². The van der Waals surface area contributed by atoms with E-state index in [0.29, 0.717) is 24.4 Å². The van der Waals surface area contributed by atoms with Crippen LogP contribution in [0, 0.1) is 0 Å². The molecule has 0 amide bonds. The maximum Gasteiger partial charge on any atom is 0.344 e. The molecule has 0 aliphatic heterocycles. The molecule has 19 heavy (non-hydrogen) atoms. The number of carboxylic acids is 1. The first-order valence-electron chi connectivity index (χ1n) is 6.28. The molecule has 8 heteroatoms. The lowest BCUT2D eigenvalue weighted by molar-refractivity contribution is -0.133. The van der Waals surface area contributed by atoms with Crippen molar-refractivity contribution >= 4 is 17.7 Å². The molecule has 1 aromatic rings. The molecule has 0 atom stereocenters. The van der Waals surface area contributed by atoms with Crippen LogP contribution in [0.4, 0.5) is 0 Å². The molecule has 0 unspecified atom stereocenters. The van der Waals surface area contributed by atoms with Crippen molar-refractivity contribution in [2.75, 3.05) is 12.4 Å². The molecular weight excluding hydrogens is 270 g/mol. The van der Waals surface area contributed by atoms with E-state index in [2.05, 4.69) is 10.2 Å². The van der Waals surface area contributed by atoms with Crippen LogP contribution in [0.5, 0.6) is 0 Å². The van der Waals surface area contributed by atoms with Gasteiger partial charge in [0.05, 0.1) is 25.0 Å². The van der Waals surface area contributed by atoms with E-state index in [1.807, 2.05) is 0 Å². The fourth-order valence-electron chi connectivity index (χ4n) is 2.10. The van der Waals surface area contributed by atoms with Crippen molar-refractivity contribution in [2.24, 2.45) is 0 Å². The summed E-state index contributed by atoms with van der Waals surface area (Å²) in [5.74, 6) is -1.05. The van der Waals surface area contributed by atoms with Gasteiger partial charge in [0.25, 0.3) is 0 Å². The van der Waals surface area contributed by atoms with Gasteiger partial charge in [-0.3, -0.25) is 9.36 Å². The summed E-state index contributed by atoms with van der Waals surface area (Å²) in [6.07, 6.45) is 4.88. The molecule has 2 rings (SSSR count). The Balaban J connectivity index is 1.85. The molecule has 0 aromatic carbocycles. The van der Waals surface area contributed by atoms with E-state index in [-0.39, 0.29) is 11.4 Å². The molecule has 0 radical (unpaired) electrons. The minimum atomic E-state index is -0.936. The summed E-state index contributed by atoms with van der Waals surface area (Å²) < 4.78 is 7.10. The lowest BCUT2D eigenvalue weighted by Crippen LogP contribution is -2.22. The average Bonchev–Trinajstić information content (AvgIpc) is 2.99. The second kappa shape index (κ2) is 6.76. The maximum atomic E-state index is 11.5. The molecule has 106 valence electrons. The second-order valence-corrected chi connectivity index (χ2v) is 5.37. The Morgan fingerprint density at radius 2 is 2.26 bits per heavy atom. The Kier molecular flexibility index (Phi) is 5.03. The third-order valence-electron chi connectivity index (χ3n) is 3.02. The van der Waals surface area contributed by atoms with Gasteiger partial charge in [-0.25, -0.2) is 9.89 Å². The first-order valence-corrected chi connectivity index (χ1v) is 7.27. The van der Waals surface area contributed by atoms with Gasteiger partial charge < -0.3 is 9.84 Å². The number of nitrogens with zero attached hydrogens (tertiary/aromatic N) is 2. The lowest BCUT2D eigenvalue weighted by atomic mass is 10.3. The fraction of sp³-hybridized carbons (Fsp3) is 0.727. The average molecular weight is 287 g/mol. The highest BCUT2D eigenvalue weighted by Gasteiger charge is 2.16. The number of aromatic amines is 1. The molecule has 0 spiro atoms.